The second-order valence-corrected chi connectivity index (χ2v) is 10.5. The van der Waals surface area contributed by atoms with Crippen LogP contribution >= 0.6 is 0 Å². The van der Waals surface area contributed by atoms with E-state index < -0.39 is 8.07 Å². The first-order valence-electron chi connectivity index (χ1n) is 7.03. The fourth-order valence-corrected chi connectivity index (χ4v) is 4.80. The Morgan fingerprint density at radius 3 is 2.05 bits per heavy atom. The molecule has 0 aliphatic heterocycles. The molecule has 0 atom stereocenters. The molecule has 19 heavy (non-hydrogen) atoms. The number of para-hydroxylation sites is 1. The van der Waals surface area contributed by atoms with Gasteiger partial charge >= 0.3 is 0 Å². The van der Waals surface area contributed by atoms with E-state index in [0.717, 1.165) is 6.54 Å². The molecule has 0 aliphatic rings. The summed E-state index contributed by atoms with van der Waals surface area (Å²) in [7, 11) is -1.26. The lowest BCUT2D eigenvalue weighted by atomic mass is 10.3. The minimum Gasteiger partial charge on any atom is -0.385 e. The van der Waals surface area contributed by atoms with Gasteiger partial charge in [0.05, 0.1) is 8.07 Å². The maximum atomic E-state index is 3.49. The van der Waals surface area contributed by atoms with Gasteiger partial charge in [-0.05, 0) is 18.6 Å². The van der Waals surface area contributed by atoms with Crippen LogP contribution in [-0.4, -0.2) is 14.6 Å². The van der Waals surface area contributed by atoms with E-state index in [-0.39, 0.29) is 0 Å². The summed E-state index contributed by atoms with van der Waals surface area (Å²) in [5.74, 6) is 0. The number of hydrogen-bond donors (Lipinski definition) is 1. The Morgan fingerprint density at radius 2 is 1.42 bits per heavy atom. The topological polar surface area (TPSA) is 12.0 Å². The summed E-state index contributed by atoms with van der Waals surface area (Å²) in [5, 5.41) is 5.06. The first kappa shape index (κ1) is 13.9. The summed E-state index contributed by atoms with van der Waals surface area (Å²) in [6, 6.07) is 22.8. The zero-order valence-electron chi connectivity index (χ0n) is 11.9. The highest BCUT2D eigenvalue weighted by Gasteiger charge is 2.21. The molecule has 0 aliphatic carbocycles. The van der Waals surface area contributed by atoms with Gasteiger partial charge < -0.3 is 5.32 Å². The van der Waals surface area contributed by atoms with Crippen LogP contribution in [0, 0.1) is 0 Å². The van der Waals surface area contributed by atoms with Gasteiger partial charge in [0.15, 0.2) is 0 Å². The Hall–Kier alpha value is -1.54. The highest BCUT2D eigenvalue weighted by molar-refractivity contribution is 6.89. The van der Waals surface area contributed by atoms with Crippen LogP contribution in [0.25, 0.3) is 0 Å². The van der Waals surface area contributed by atoms with Crippen molar-refractivity contribution in [2.45, 2.75) is 25.6 Å². The Bertz CT molecular complexity index is 479. The fraction of sp³-hybridized carbons (Fsp3) is 0.294. The van der Waals surface area contributed by atoms with Crippen LogP contribution in [0.4, 0.5) is 5.69 Å². The molecule has 2 heteroatoms. The number of rotatable bonds is 6. The summed E-state index contributed by atoms with van der Waals surface area (Å²) in [5.41, 5.74) is 1.22. The normalized spacial score (nSPS) is 11.3. The molecular weight excluding hydrogens is 246 g/mol. The molecule has 2 aromatic rings. The van der Waals surface area contributed by atoms with Gasteiger partial charge in [-0.2, -0.15) is 0 Å². The van der Waals surface area contributed by atoms with Crippen molar-refractivity contribution in [2.75, 3.05) is 11.9 Å². The smallest absolute Gasteiger partial charge is 0.0807 e. The van der Waals surface area contributed by atoms with E-state index in [2.05, 4.69) is 79.1 Å². The molecule has 0 heterocycles. The molecule has 0 fully saturated rings. The lowest BCUT2D eigenvalue weighted by Gasteiger charge is -2.23. The molecule has 0 saturated carbocycles. The molecule has 0 amide bonds. The van der Waals surface area contributed by atoms with Crippen LogP contribution < -0.4 is 10.5 Å². The SMILES string of the molecule is C[Si](C)(CCCNc1ccccc1)c1ccccc1. The van der Waals surface area contributed by atoms with Gasteiger partial charge in [-0.25, -0.2) is 0 Å². The zero-order chi connectivity index (χ0) is 13.6. The molecule has 2 aromatic carbocycles. The van der Waals surface area contributed by atoms with Gasteiger partial charge in [0.25, 0.3) is 0 Å². The van der Waals surface area contributed by atoms with Crippen molar-refractivity contribution >= 4 is 18.9 Å². The van der Waals surface area contributed by atoms with E-state index >= 15 is 0 Å². The Kier molecular flexibility index (Phi) is 4.80. The van der Waals surface area contributed by atoms with Gasteiger partial charge in [-0.3, -0.25) is 0 Å². The molecule has 0 bridgehead atoms. The quantitative estimate of drug-likeness (QED) is 0.615. The van der Waals surface area contributed by atoms with Crippen LogP contribution in [0.15, 0.2) is 60.7 Å². The van der Waals surface area contributed by atoms with Gasteiger partial charge in [-0.1, -0.05) is 72.9 Å². The Morgan fingerprint density at radius 1 is 0.842 bits per heavy atom. The van der Waals surface area contributed by atoms with Crippen LogP contribution in [-0.2, 0) is 0 Å². The highest BCUT2D eigenvalue weighted by atomic mass is 28.3. The van der Waals surface area contributed by atoms with E-state index in [1.54, 1.807) is 5.19 Å². The molecule has 0 radical (unpaired) electrons. The van der Waals surface area contributed by atoms with Crippen LogP contribution in [0.5, 0.6) is 0 Å². The van der Waals surface area contributed by atoms with Crippen molar-refractivity contribution in [1.82, 2.24) is 0 Å². The lowest BCUT2D eigenvalue weighted by Crippen LogP contribution is -2.41. The van der Waals surface area contributed by atoms with E-state index in [0.29, 0.717) is 0 Å². The molecule has 100 valence electrons. The van der Waals surface area contributed by atoms with Crippen molar-refractivity contribution in [3.05, 3.63) is 60.7 Å². The van der Waals surface area contributed by atoms with Crippen molar-refractivity contribution < 1.29 is 0 Å². The number of hydrogen-bond acceptors (Lipinski definition) is 1. The Balaban J connectivity index is 1.79. The van der Waals surface area contributed by atoms with Crippen LogP contribution in [0.1, 0.15) is 6.42 Å². The first-order valence-corrected chi connectivity index (χ1v) is 10.2. The molecular formula is C17H23NSi. The second-order valence-electron chi connectivity index (χ2n) is 5.65. The molecule has 2 rings (SSSR count). The molecule has 0 aromatic heterocycles. The number of anilines is 1. The first-order chi connectivity index (χ1) is 9.18. The molecule has 0 saturated heterocycles. The number of nitrogens with one attached hydrogen (secondary N) is 1. The average Bonchev–Trinajstić information content (AvgIpc) is 2.46. The Labute approximate surface area is 117 Å². The maximum Gasteiger partial charge on any atom is 0.0807 e. The molecule has 1 N–H and O–H groups in total. The third-order valence-electron chi connectivity index (χ3n) is 3.64. The minimum atomic E-state index is -1.26. The average molecular weight is 269 g/mol. The summed E-state index contributed by atoms with van der Waals surface area (Å²) in [6.45, 7) is 5.99. The molecule has 0 spiro atoms. The lowest BCUT2D eigenvalue weighted by molar-refractivity contribution is 0.958. The van der Waals surface area contributed by atoms with Gasteiger partial charge in [-0.15, -0.1) is 0 Å². The minimum absolute atomic E-state index is 1.06. The zero-order valence-corrected chi connectivity index (χ0v) is 12.9. The van der Waals surface area contributed by atoms with Gasteiger partial charge in [0, 0.05) is 12.2 Å². The predicted molar refractivity (Wildman–Crippen MR) is 87.9 cm³/mol. The summed E-state index contributed by atoms with van der Waals surface area (Å²) in [6.07, 6.45) is 1.24. The summed E-state index contributed by atoms with van der Waals surface area (Å²) < 4.78 is 0. The third kappa shape index (κ3) is 4.25. The summed E-state index contributed by atoms with van der Waals surface area (Å²) >= 11 is 0. The van der Waals surface area contributed by atoms with Crippen molar-refractivity contribution in [3.8, 4) is 0 Å². The van der Waals surface area contributed by atoms with E-state index in [1.165, 1.54) is 18.2 Å². The standard InChI is InChI=1S/C17H23NSi/c1-19(2,17-12-7-4-8-13-17)15-9-14-18-16-10-5-3-6-11-16/h3-8,10-13,18H,9,14-15H2,1-2H3. The van der Waals surface area contributed by atoms with E-state index in [4.69, 9.17) is 0 Å². The third-order valence-corrected chi connectivity index (χ3v) is 7.14. The maximum absolute atomic E-state index is 3.49. The van der Waals surface area contributed by atoms with E-state index in [9.17, 15) is 0 Å². The van der Waals surface area contributed by atoms with Crippen molar-refractivity contribution in [1.29, 1.82) is 0 Å². The van der Waals surface area contributed by atoms with Gasteiger partial charge in [0.1, 0.15) is 0 Å². The fourth-order valence-electron chi connectivity index (χ4n) is 2.35. The molecule has 0 unspecified atom stereocenters. The largest absolute Gasteiger partial charge is 0.385 e. The number of benzene rings is 2. The molecule has 1 nitrogen and oxygen atoms in total. The predicted octanol–water partition coefficient (Wildman–Crippen LogP) is 4.10. The van der Waals surface area contributed by atoms with Crippen molar-refractivity contribution in [2.24, 2.45) is 0 Å². The van der Waals surface area contributed by atoms with Crippen LogP contribution in [0.2, 0.25) is 19.1 Å². The monoisotopic (exact) mass is 269 g/mol. The summed E-state index contributed by atoms with van der Waals surface area (Å²) in [4.78, 5) is 0. The van der Waals surface area contributed by atoms with E-state index in [1.807, 2.05) is 0 Å². The van der Waals surface area contributed by atoms with Gasteiger partial charge in [0.2, 0.25) is 0 Å². The van der Waals surface area contributed by atoms with Crippen LogP contribution in [0.3, 0.4) is 0 Å². The second kappa shape index (κ2) is 6.57. The van der Waals surface area contributed by atoms with Crippen molar-refractivity contribution in [3.63, 3.8) is 0 Å². The highest BCUT2D eigenvalue weighted by Crippen LogP contribution is 2.13.